The van der Waals surface area contributed by atoms with E-state index in [1.54, 1.807) is 4.90 Å². The minimum absolute atomic E-state index is 0.0713. The summed E-state index contributed by atoms with van der Waals surface area (Å²) in [7, 11) is 0. The summed E-state index contributed by atoms with van der Waals surface area (Å²) in [6.45, 7) is 7.62. The summed E-state index contributed by atoms with van der Waals surface area (Å²) < 4.78 is 0. The molecular formula is C15H27N3O2. The van der Waals surface area contributed by atoms with E-state index in [1.807, 2.05) is 0 Å². The number of nitrogens with two attached hydrogens (primary N) is 1. The number of urea groups is 1. The normalized spacial score (nSPS) is 24.6. The standard InChI is InChI=1S/C15H27N3O2/c1-10(2)11(3)18(13-6-7-13)14(19)12-5-4-8-17(9-12)15(16)20/h10-13H,4-9H2,1-3H3,(H2,16,20)/t11-,12-/m1/s1. The van der Waals surface area contributed by atoms with E-state index >= 15 is 0 Å². The third-order valence-corrected chi connectivity index (χ3v) is 4.68. The number of rotatable bonds is 4. The number of amides is 3. The fraction of sp³-hybridized carbons (Fsp3) is 0.867. The quantitative estimate of drug-likeness (QED) is 0.854. The maximum Gasteiger partial charge on any atom is 0.314 e. The first-order valence-electron chi connectivity index (χ1n) is 7.78. The average Bonchev–Trinajstić information content (AvgIpc) is 3.23. The summed E-state index contributed by atoms with van der Waals surface area (Å²) in [6.07, 6.45) is 3.98. The van der Waals surface area contributed by atoms with Crippen molar-refractivity contribution in [1.29, 1.82) is 0 Å². The zero-order chi connectivity index (χ0) is 14.9. The smallest absolute Gasteiger partial charge is 0.314 e. The van der Waals surface area contributed by atoms with Crippen molar-refractivity contribution in [2.24, 2.45) is 17.6 Å². The van der Waals surface area contributed by atoms with Crippen molar-refractivity contribution in [3.63, 3.8) is 0 Å². The molecular weight excluding hydrogens is 254 g/mol. The summed E-state index contributed by atoms with van der Waals surface area (Å²) in [5.41, 5.74) is 5.35. The van der Waals surface area contributed by atoms with Crippen LogP contribution in [0, 0.1) is 11.8 Å². The van der Waals surface area contributed by atoms with Crippen LogP contribution in [0.15, 0.2) is 0 Å². The van der Waals surface area contributed by atoms with E-state index in [4.69, 9.17) is 5.73 Å². The molecule has 114 valence electrons. The lowest BCUT2D eigenvalue weighted by atomic mass is 9.94. The summed E-state index contributed by atoms with van der Waals surface area (Å²) in [5, 5.41) is 0. The first kappa shape index (κ1) is 15.1. The second-order valence-electron chi connectivity index (χ2n) is 6.58. The van der Waals surface area contributed by atoms with Gasteiger partial charge in [0.05, 0.1) is 5.92 Å². The molecule has 1 saturated heterocycles. The molecule has 1 saturated carbocycles. The Morgan fingerprint density at radius 1 is 1.20 bits per heavy atom. The van der Waals surface area contributed by atoms with Gasteiger partial charge in [-0.2, -0.15) is 0 Å². The zero-order valence-electron chi connectivity index (χ0n) is 12.8. The van der Waals surface area contributed by atoms with Crippen LogP contribution >= 0.6 is 0 Å². The molecule has 5 nitrogen and oxygen atoms in total. The molecule has 1 aliphatic carbocycles. The van der Waals surface area contributed by atoms with Crippen molar-refractivity contribution in [1.82, 2.24) is 9.80 Å². The lowest BCUT2D eigenvalue weighted by Gasteiger charge is -2.38. The van der Waals surface area contributed by atoms with Crippen LogP contribution in [0.3, 0.4) is 0 Å². The maximum atomic E-state index is 12.8. The second-order valence-corrected chi connectivity index (χ2v) is 6.58. The SMILES string of the molecule is CC(C)[C@@H](C)N(C(=O)[C@@H]1CCCN(C(N)=O)C1)C1CC1. The molecule has 1 aliphatic heterocycles. The molecule has 2 rings (SSSR count). The minimum atomic E-state index is -0.405. The number of primary amides is 1. The molecule has 2 atom stereocenters. The van der Waals surface area contributed by atoms with Crippen molar-refractivity contribution in [3.05, 3.63) is 0 Å². The Morgan fingerprint density at radius 3 is 2.35 bits per heavy atom. The molecule has 20 heavy (non-hydrogen) atoms. The van der Waals surface area contributed by atoms with Gasteiger partial charge in [0.2, 0.25) is 5.91 Å². The van der Waals surface area contributed by atoms with E-state index in [0.29, 0.717) is 25.0 Å². The molecule has 5 heteroatoms. The molecule has 2 fully saturated rings. The lowest BCUT2D eigenvalue weighted by molar-refractivity contribution is -0.140. The lowest BCUT2D eigenvalue weighted by Crippen LogP contribution is -2.51. The Kier molecular flexibility index (Phi) is 4.55. The van der Waals surface area contributed by atoms with Gasteiger partial charge in [0.25, 0.3) is 0 Å². The zero-order valence-corrected chi connectivity index (χ0v) is 12.8. The van der Waals surface area contributed by atoms with Gasteiger partial charge in [-0.15, -0.1) is 0 Å². The number of likely N-dealkylation sites (tertiary alicyclic amines) is 1. The maximum absolute atomic E-state index is 12.8. The molecule has 2 aliphatic rings. The van der Waals surface area contributed by atoms with Gasteiger partial charge in [-0.05, 0) is 38.5 Å². The highest BCUT2D eigenvalue weighted by molar-refractivity contribution is 5.81. The highest BCUT2D eigenvalue weighted by Gasteiger charge is 2.40. The van der Waals surface area contributed by atoms with Gasteiger partial charge in [0, 0.05) is 25.2 Å². The summed E-state index contributed by atoms with van der Waals surface area (Å²) >= 11 is 0. The van der Waals surface area contributed by atoms with Crippen LogP contribution in [0.5, 0.6) is 0 Å². The summed E-state index contributed by atoms with van der Waals surface area (Å²) in [4.78, 5) is 27.8. The van der Waals surface area contributed by atoms with Gasteiger partial charge >= 0.3 is 6.03 Å². The third-order valence-electron chi connectivity index (χ3n) is 4.68. The van der Waals surface area contributed by atoms with Crippen molar-refractivity contribution < 1.29 is 9.59 Å². The van der Waals surface area contributed by atoms with E-state index in [1.165, 1.54) is 0 Å². The summed E-state index contributed by atoms with van der Waals surface area (Å²) in [6, 6.07) is 0.278. The van der Waals surface area contributed by atoms with E-state index in [0.717, 1.165) is 25.7 Å². The van der Waals surface area contributed by atoms with Crippen LogP contribution < -0.4 is 5.73 Å². The molecule has 0 aromatic rings. The summed E-state index contributed by atoms with van der Waals surface area (Å²) in [5.74, 6) is 0.605. The number of hydrogen-bond acceptors (Lipinski definition) is 2. The average molecular weight is 281 g/mol. The van der Waals surface area contributed by atoms with Crippen LogP contribution in [-0.4, -0.2) is 46.9 Å². The van der Waals surface area contributed by atoms with E-state index in [2.05, 4.69) is 25.7 Å². The fourth-order valence-corrected chi connectivity index (χ4v) is 2.98. The molecule has 2 N–H and O–H groups in total. The molecule has 0 unspecified atom stereocenters. The predicted molar refractivity (Wildman–Crippen MR) is 78.0 cm³/mol. The van der Waals surface area contributed by atoms with Crippen LogP contribution in [0.4, 0.5) is 4.79 Å². The number of hydrogen-bond donors (Lipinski definition) is 1. The molecule has 1 heterocycles. The van der Waals surface area contributed by atoms with Crippen LogP contribution in [0.2, 0.25) is 0 Å². The number of piperidine rings is 1. The first-order chi connectivity index (χ1) is 9.41. The van der Waals surface area contributed by atoms with Gasteiger partial charge < -0.3 is 15.5 Å². The Hall–Kier alpha value is -1.26. The van der Waals surface area contributed by atoms with E-state index in [-0.39, 0.29) is 17.9 Å². The van der Waals surface area contributed by atoms with Crippen LogP contribution in [-0.2, 0) is 4.79 Å². The van der Waals surface area contributed by atoms with Gasteiger partial charge in [-0.3, -0.25) is 4.79 Å². The van der Waals surface area contributed by atoms with Crippen molar-refractivity contribution in [2.75, 3.05) is 13.1 Å². The van der Waals surface area contributed by atoms with Gasteiger partial charge in [0.15, 0.2) is 0 Å². The molecule has 0 radical (unpaired) electrons. The second kappa shape index (κ2) is 6.02. The third kappa shape index (κ3) is 3.25. The monoisotopic (exact) mass is 281 g/mol. The van der Waals surface area contributed by atoms with Crippen LogP contribution in [0.25, 0.3) is 0 Å². The Morgan fingerprint density at radius 2 is 1.85 bits per heavy atom. The number of carbonyl (C=O) groups excluding carboxylic acids is 2. The van der Waals surface area contributed by atoms with Gasteiger partial charge in [0.1, 0.15) is 0 Å². The number of carbonyl (C=O) groups is 2. The Balaban J connectivity index is 2.05. The molecule has 0 spiro atoms. The highest BCUT2D eigenvalue weighted by Crippen LogP contribution is 2.33. The molecule has 0 aromatic heterocycles. The van der Waals surface area contributed by atoms with Gasteiger partial charge in [-0.1, -0.05) is 13.8 Å². The molecule has 3 amide bonds. The van der Waals surface area contributed by atoms with E-state index < -0.39 is 6.03 Å². The Bertz CT molecular complexity index is 379. The molecule has 0 bridgehead atoms. The van der Waals surface area contributed by atoms with Crippen molar-refractivity contribution >= 4 is 11.9 Å². The topological polar surface area (TPSA) is 66.6 Å². The van der Waals surface area contributed by atoms with Crippen molar-refractivity contribution in [2.45, 2.75) is 58.5 Å². The predicted octanol–water partition coefficient (Wildman–Crippen LogP) is 1.81. The number of nitrogens with zero attached hydrogens (tertiary/aromatic N) is 2. The van der Waals surface area contributed by atoms with E-state index in [9.17, 15) is 9.59 Å². The fourth-order valence-electron chi connectivity index (χ4n) is 2.98. The van der Waals surface area contributed by atoms with Crippen LogP contribution in [0.1, 0.15) is 46.5 Å². The molecule has 0 aromatic carbocycles. The van der Waals surface area contributed by atoms with Crippen molar-refractivity contribution in [3.8, 4) is 0 Å². The Labute approximate surface area is 121 Å². The highest BCUT2D eigenvalue weighted by atomic mass is 16.2. The largest absolute Gasteiger partial charge is 0.351 e. The minimum Gasteiger partial charge on any atom is -0.351 e. The first-order valence-corrected chi connectivity index (χ1v) is 7.78. The van der Waals surface area contributed by atoms with Gasteiger partial charge in [-0.25, -0.2) is 4.79 Å².